The molecule has 102 valence electrons. The predicted octanol–water partition coefficient (Wildman–Crippen LogP) is 2.83. The number of hydrogen-bond acceptors (Lipinski definition) is 2. The Morgan fingerprint density at radius 3 is 2.11 bits per heavy atom. The van der Waals surface area contributed by atoms with Crippen molar-refractivity contribution in [1.29, 1.82) is 0 Å². The fourth-order valence-electron chi connectivity index (χ4n) is 2.84. The first-order valence-electron chi connectivity index (χ1n) is 6.45. The van der Waals surface area contributed by atoms with Gasteiger partial charge in [0.05, 0.1) is 18.6 Å². The molecule has 1 aromatic rings. The van der Waals surface area contributed by atoms with E-state index in [0.717, 1.165) is 0 Å². The van der Waals surface area contributed by atoms with Gasteiger partial charge in [0.2, 0.25) is 0 Å². The smallest absolute Gasteiger partial charge is 0.328 e. The second-order valence-corrected chi connectivity index (χ2v) is 5.46. The van der Waals surface area contributed by atoms with Crippen LogP contribution in [0.15, 0.2) is 18.2 Å². The van der Waals surface area contributed by atoms with E-state index < -0.39 is 5.97 Å². The van der Waals surface area contributed by atoms with Crippen LogP contribution in [0, 0.1) is 27.7 Å². The number of rotatable bonds is 3. The van der Waals surface area contributed by atoms with Crippen molar-refractivity contribution in [1.82, 2.24) is 0 Å². The van der Waals surface area contributed by atoms with Crippen molar-refractivity contribution < 1.29 is 14.6 Å². The summed E-state index contributed by atoms with van der Waals surface area (Å²) in [4.78, 5) is 10.8. The highest BCUT2D eigenvalue weighted by Gasteiger charge is 2.40. The first kappa shape index (κ1) is 13.8. The number of carbonyl (C=O) groups is 1. The second-order valence-electron chi connectivity index (χ2n) is 5.46. The van der Waals surface area contributed by atoms with E-state index in [1.807, 2.05) is 0 Å². The summed E-state index contributed by atoms with van der Waals surface area (Å²) in [5, 5.41) is 8.86. The lowest BCUT2D eigenvalue weighted by atomic mass is 9.72. The molecule has 1 heterocycles. The molecule has 0 spiro atoms. The Bertz CT molecular complexity index is 525. The highest BCUT2D eigenvalue weighted by atomic mass is 16.5. The molecular weight excluding hydrogens is 240 g/mol. The minimum Gasteiger partial charge on any atom is -0.478 e. The zero-order chi connectivity index (χ0) is 14.2. The topological polar surface area (TPSA) is 46.5 Å². The zero-order valence-corrected chi connectivity index (χ0v) is 11.9. The molecule has 1 fully saturated rings. The monoisotopic (exact) mass is 260 g/mol. The summed E-state index contributed by atoms with van der Waals surface area (Å²) >= 11 is 0. The summed E-state index contributed by atoms with van der Waals surface area (Å²) in [6.07, 6.45) is 3.02. The van der Waals surface area contributed by atoms with Crippen LogP contribution in [0.4, 0.5) is 0 Å². The molecule has 0 saturated carbocycles. The predicted molar refractivity (Wildman–Crippen MR) is 74.7 cm³/mol. The molecule has 0 radical (unpaired) electrons. The molecule has 2 rings (SSSR count). The number of hydrogen-bond donors (Lipinski definition) is 1. The Labute approximate surface area is 113 Å². The van der Waals surface area contributed by atoms with Crippen LogP contribution < -0.4 is 0 Å². The minimum atomic E-state index is -0.911. The third-order valence-electron chi connectivity index (χ3n) is 4.13. The lowest BCUT2D eigenvalue weighted by Crippen LogP contribution is -2.46. The van der Waals surface area contributed by atoms with Crippen molar-refractivity contribution >= 4 is 5.97 Å². The third kappa shape index (κ3) is 2.30. The average Bonchev–Trinajstić information content (AvgIpc) is 2.28. The van der Waals surface area contributed by atoms with E-state index in [-0.39, 0.29) is 5.41 Å². The van der Waals surface area contributed by atoms with Crippen molar-refractivity contribution in [2.45, 2.75) is 33.1 Å². The molecule has 0 bridgehead atoms. The molecule has 1 aromatic carbocycles. The van der Waals surface area contributed by atoms with E-state index in [9.17, 15) is 4.79 Å². The van der Waals surface area contributed by atoms with Crippen LogP contribution in [0.5, 0.6) is 0 Å². The highest BCUT2D eigenvalue weighted by molar-refractivity contribution is 5.80. The van der Waals surface area contributed by atoms with Crippen molar-refractivity contribution in [3.63, 3.8) is 0 Å². The van der Waals surface area contributed by atoms with Crippen molar-refractivity contribution in [2.75, 3.05) is 13.2 Å². The molecular formula is C16H20O3. The molecule has 3 heteroatoms. The molecule has 0 unspecified atom stereocenters. The lowest BCUT2D eigenvalue weighted by Gasteiger charge is -2.42. The molecule has 3 nitrogen and oxygen atoms in total. The number of carboxylic acids is 1. The van der Waals surface area contributed by atoms with Gasteiger partial charge in [-0.15, -0.1) is 0 Å². The van der Waals surface area contributed by atoms with Gasteiger partial charge >= 0.3 is 5.97 Å². The quantitative estimate of drug-likeness (QED) is 0.850. The van der Waals surface area contributed by atoms with Crippen molar-refractivity contribution in [3.8, 4) is 0 Å². The number of ether oxygens (including phenoxy) is 1. The van der Waals surface area contributed by atoms with Gasteiger partial charge in [-0.05, 0) is 55.5 Å². The maximum absolute atomic E-state index is 10.8. The minimum absolute atomic E-state index is 0.274. The number of aryl methyl sites for hydroxylation is 2. The summed E-state index contributed by atoms with van der Waals surface area (Å²) in [6, 6.07) is 2.18. The van der Waals surface area contributed by atoms with Crippen LogP contribution in [-0.4, -0.2) is 24.3 Å². The number of aliphatic carboxylic acids is 1. The van der Waals surface area contributed by atoms with Gasteiger partial charge in [0, 0.05) is 6.08 Å². The van der Waals surface area contributed by atoms with Gasteiger partial charge in [-0.25, -0.2) is 4.79 Å². The molecule has 1 N–H and O–H groups in total. The van der Waals surface area contributed by atoms with Gasteiger partial charge in [-0.2, -0.15) is 0 Å². The maximum Gasteiger partial charge on any atom is 0.328 e. The molecule has 0 atom stereocenters. The standard InChI is InChI=1S/C16H20O3/c1-10-7-11(2)13(4)15(12(10)3)16(8-19-9-16)6-5-14(17)18/h5-7H,8-9H2,1-4H3,(H,17,18)/b6-5+. The van der Waals surface area contributed by atoms with Crippen LogP contribution in [0.3, 0.4) is 0 Å². The molecule has 0 aliphatic carbocycles. The fraction of sp³-hybridized carbons (Fsp3) is 0.438. The van der Waals surface area contributed by atoms with Crippen LogP contribution in [0.25, 0.3) is 0 Å². The second kappa shape index (κ2) is 4.82. The maximum atomic E-state index is 10.8. The Balaban J connectivity index is 2.59. The van der Waals surface area contributed by atoms with Gasteiger partial charge in [0.1, 0.15) is 0 Å². The van der Waals surface area contributed by atoms with Gasteiger partial charge in [-0.1, -0.05) is 12.1 Å². The Kier molecular flexibility index (Phi) is 3.50. The molecule has 1 saturated heterocycles. The molecule has 19 heavy (non-hydrogen) atoms. The van der Waals surface area contributed by atoms with E-state index >= 15 is 0 Å². The Morgan fingerprint density at radius 1 is 1.21 bits per heavy atom. The highest BCUT2D eigenvalue weighted by Crippen LogP contribution is 2.39. The Hall–Kier alpha value is -1.61. The molecule has 0 amide bonds. The lowest BCUT2D eigenvalue weighted by molar-refractivity contribution is -0.131. The summed E-state index contributed by atoms with van der Waals surface area (Å²) in [6.45, 7) is 9.51. The van der Waals surface area contributed by atoms with Crippen LogP contribution in [0.2, 0.25) is 0 Å². The third-order valence-corrected chi connectivity index (χ3v) is 4.13. The SMILES string of the molecule is Cc1cc(C)c(C)c(C2(/C=C/C(=O)O)COC2)c1C. The molecule has 0 aromatic heterocycles. The van der Waals surface area contributed by atoms with E-state index in [1.54, 1.807) is 6.08 Å². The fourth-order valence-corrected chi connectivity index (χ4v) is 2.84. The first-order chi connectivity index (χ1) is 8.87. The van der Waals surface area contributed by atoms with Crippen molar-refractivity contribution in [3.05, 3.63) is 46.0 Å². The van der Waals surface area contributed by atoms with E-state index in [1.165, 1.54) is 33.9 Å². The van der Waals surface area contributed by atoms with Crippen LogP contribution >= 0.6 is 0 Å². The van der Waals surface area contributed by atoms with Crippen LogP contribution in [-0.2, 0) is 14.9 Å². The van der Waals surface area contributed by atoms with E-state index in [2.05, 4.69) is 33.8 Å². The van der Waals surface area contributed by atoms with Gasteiger partial charge in [0.25, 0.3) is 0 Å². The zero-order valence-electron chi connectivity index (χ0n) is 11.9. The normalized spacial score (nSPS) is 17.5. The van der Waals surface area contributed by atoms with Gasteiger partial charge in [0.15, 0.2) is 0 Å². The average molecular weight is 260 g/mol. The van der Waals surface area contributed by atoms with Gasteiger partial charge < -0.3 is 9.84 Å². The van der Waals surface area contributed by atoms with Crippen molar-refractivity contribution in [2.24, 2.45) is 0 Å². The number of carboxylic acid groups (broad SMARTS) is 1. The molecule has 1 aliphatic heterocycles. The first-order valence-corrected chi connectivity index (χ1v) is 6.45. The van der Waals surface area contributed by atoms with E-state index in [4.69, 9.17) is 9.84 Å². The summed E-state index contributed by atoms with van der Waals surface area (Å²) in [5.41, 5.74) is 5.92. The summed E-state index contributed by atoms with van der Waals surface area (Å²) < 4.78 is 5.37. The largest absolute Gasteiger partial charge is 0.478 e. The van der Waals surface area contributed by atoms with Crippen LogP contribution in [0.1, 0.15) is 27.8 Å². The van der Waals surface area contributed by atoms with E-state index in [0.29, 0.717) is 13.2 Å². The number of benzene rings is 1. The summed E-state index contributed by atoms with van der Waals surface area (Å²) in [5.74, 6) is -0.911. The van der Waals surface area contributed by atoms with Gasteiger partial charge in [-0.3, -0.25) is 0 Å². The Morgan fingerprint density at radius 2 is 1.74 bits per heavy atom. The summed E-state index contributed by atoms with van der Waals surface area (Å²) in [7, 11) is 0. The molecule has 1 aliphatic rings.